The molecule has 0 amide bonds. The number of nitro benzene ring substituents is 1. The highest BCUT2D eigenvalue weighted by Crippen LogP contribution is 2.34. The fourth-order valence-electron chi connectivity index (χ4n) is 2.78. The van der Waals surface area contributed by atoms with E-state index >= 15 is 0 Å². The third kappa shape index (κ3) is 3.94. The summed E-state index contributed by atoms with van der Waals surface area (Å²) in [6, 6.07) is 9.44. The maximum absolute atomic E-state index is 11.7. The Bertz CT molecular complexity index is 1110. The number of halogens is 2. The Labute approximate surface area is 178 Å². The lowest BCUT2D eigenvalue weighted by Crippen LogP contribution is -2.09. The number of rotatable bonds is 5. The zero-order valence-electron chi connectivity index (χ0n) is 14.7. The van der Waals surface area contributed by atoms with E-state index in [4.69, 9.17) is 11.6 Å². The van der Waals surface area contributed by atoms with Crippen molar-refractivity contribution in [3.05, 3.63) is 72.1 Å². The standard InChI is InChI=1S/C18H14ClIN4O4/c1-9-5-10(2)23(22-9)16-8-15(12(18(25)26)7-17(16)24(27)28)21-14-4-3-11(20)6-13(14)19/h3-8,21H,1-2H3,(H,25,26). The van der Waals surface area contributed by atoms with Gasteiger partial charge in [-0.25, -0.2) is 9.48 Å². The Morgan fingerprint density at radius 2 is 1.96 bits per heavy atom. The molecule has 8 nitrogen and oxygen atoms in total. The van der Waals surface area contributed by atoms with Crippen LogP contribution in [-0.4, -0.2) is 25.8 Å². The minimum Gasteiger partial charge on any atom is -0.478 e. The van der Waals surface area contributed by atoms with Crippen LogP contribution in [0.5, 0.6) is 0 Å². The number of hydrogen-bond acceptors (Lipinski definition) is 5. The lowest BCUT2D eigenvalue weighted by molar-refractivity contribution is -0.384. The number of carboxylic acid groups (broad SMARTS) is 1. The number of aromatic nitrogens is 2. The van der Waals surface area contributed by atoms with Crippen LogP contribution in [0.15, 0.2) is 36.4 Å². The number of carbonyl (C=O) groups is 1. The van der Waals surface area contributed by atoms with Crippen molar-refractivity contribution >= 4 is 57.2 Å². The normalized spacial score (nSPS) is 10.7. The molecule has 10 heteroatoms. The van der Waals surface area contributed by atoms with Gasteiger partial charge in [-0.05, 0) is 66.8 Å². The molecule has 0 unspecified atom stereocenters. The van der Waals surface area contributed by atoms with Gasteiger partial charge in [0.05, 0.1) is 32.6 Å². The smallest absolute Gasteiger partial charge is 0.338 e. The molecule has 0 bridgehead atoms. The van der Waals surface area contributed by atoms with Crippen molar-refractivity contribution in [1.29, 1.82) is 0 Å². The van der Waals surface area contributed by atoms with Gasteiger partial charge in [0.15, 0.2) is 0 Å². The predicted octanol–water partition coefficient (Wildman–Crippen LogP) is 5.10. The van der Waals surface area contributed by atoms with E-state index in [-0.39, 0.29) is 22.6 Å². The average molecular weight is 513 g/mol. The van der Waals surface area contributed by atoms with E-state index in [1.54, 1.807) is 32.0 Å². The van der Waals surface area contributed by atoms with Gasteiger partial charge in [-0.3, -0.25) is 10.1 Å². The van der Waals surface area contributed by atoms with Crippen LogP contribution in [0, 0.1) is 27.5 Å². The summed E-state index contributed by atoms with van der Waals surface area (Å²) in [6.45, 7) is 3.53. The van der Waals surface area contributed by atoms with Gasteiger partial charge in [0, 0.05) is 15.3 Å². The fourth-order valence-corrected chi connectivity index (χ4v) is 3.68. The van der Waals surface area contributed by atoms with Crippen molar-refractivity contribution in [1.82, 2.24) is 9.78 Å². The molecule has 0 saturated carbocycles. The molecule has 3 aromatic rings. The minimum atomic E-state index is -1.30. The lowest BCUT2D eigenvalue weighted by atomic mass is 10.1. The first kappa shape index (κ1) is 20.1. The van der Waals surface area contributed by atoms with Gasteiger partial charge in [-0.1, -0.05) is 11.6 Å². The van der Waals surface area contributed by atoms with Crippen LogP contribution in [0.1, 0.15) is 21.7 Å². The Kier molecular flexibility index (Phi) is 5.57. The lowest BCUT2D eigenvalue weighted by Gasteiger charge is -2.14. The van der Waals surface area contributed by atoms with E-state index < -0.39 is 10.9 Å². The second-order valence-corrected chi connectivity index (χ2v) is 7.69. The number of hydrogen-bond donors (Lipinski definition) is 2. The molecule has 2 N–H and O–H groups in total. The Hall–Kier alpha value is -2.66. The molecule has 144 valence electrons. The number of nitro groups is 1. The van der Waals surface area contributed by atoms with Gasteiger partial charge in [0.2, 0.25) is 0 Å². The number of carboxylic acids is 1. The third-order valence-corrected chi connectivity index (χ3v) is 4.96. The SMILES string of the molecule is Cc1cc(C)n(-c2cc(Nc3ccc(I)cc3Cl)c(C(=O)O)cc2[N+](=O)[O-])n1. The number of anilines is 2. The second-order valence-electron chi connectivity index (χ2n) is 6.04. The molecule has 1 heterocycles. The molecule has 0 saturated heterocycles. The van der Waals surface area contributed by atoms with Gasteiger partial charge < -0.3 is 10.4 Å². The quantitative estimate of drug-likeness (QED) is 0.280. The van der Waals surface area contributed by atoms with Crippen LogP contribution in [0.25, 0.3) is 5.69 Å². The van der Waals surface area contributed by atoms with Crippen molar-refractivity contribution in [2.75, 3.05) is 5.32 Å². The molecular weight excluding hydrogens is 499 g/mol. The topological polar surface area (TPSA) is 110 Å². The summed E-state index contributed by atoms with van der Waals surface area (Å²) in [5.41, 5.74) is 1.58. The van der Waals surface area contributed by atoms with E-state index in [1.807, 2.05) is 6.07 Å². The molecule has 0 aliphatic heterocycles. The molecule has 2 aromatic carbocycles. The Morgan fingerprint density at radius 3 is 2.50 bits per heavy atom. The molecule has 0 radical (unpaired) electrons. The molecule has 0 spiro atoms. The van der Waals surface area contributed by atoms with Gasteiger partial charge in [-0.2, -0.15) is 5.10 Å². The largest absolute Gasteiger partial charge is 0.478 e. The molecule has 0 atom stereocenters. The first-order chi connectivity index (χ1) is 13.2. The van der Waals surface area contributed by atoms with Crippen molar-refractivity contribution in [2.24, 2.45) is 0 Å². The number of benzene rings is 2. The summed E-state index contributed by atoms with van der Waals surface area (Å²) in [7, 11) is 0. The minimum absolute atomic E-state index is 0.157. The highest BCUT2D eigenvalue weighted by Gasteiger charge is 2.24. The molecule has 1 aromatic heterocycles. The van der Waals surface area contributed by atoms with Crippen LogP contribution in [0.3, 0.4) is 0 Å². The predicted molar refractivity (Wildman–Crippen MR) is 114 cm³/mol. The van der Waals surface area contributed by atoms with E-state index in [9.17, 15) is 20.0 Å². The molecule has 0 fully saturated rings. The summed E-state index contributed by atoms with van der Waals surface area (Å²) in [4.78, 5) is 22.7. The van der Waals surface area contributed by atoms with Gasteiger partial charge in [-0.15, -0.1) is 0 Å². The Morgan fingerprint density at radius 1 is 1.25 bits per heavy atom. The number of aromatic carboxylic acids is 1. The average Bonchev–Trinajstić information content (AvgIpc) is 2.94. The van der Waals surface area contributed by atoms with E-state index in [0.29, 0.717) is 22.1 Å². The van der Waals surface area contributed by atoms with E-state index in [2.05, 4.69) is 33.0 Å². The van der Waals surface area contributed by atoms with Crippen molar-refractivity contribution in [3.8, 4) is 5.69 Å². The third-order valence-electron chi connectivity index (χ3n) is 3.98. The number of nitrogens with zero attached hydrogens (tertiary/aromatic N) is 3. The molecule has 0 aliphatic rings. The van der Waals surface area contributed by atoms with Crippen LogP contribution in [0.2, 0.25) is 5.02 Å². The van der Waals surface area contributed by atoms with Crippen LogP contribution in [0.4, 0.5) is 17.1 Å². The van der Waals surface area contributed by atoms with Crippen LogP contribution < -0.4 is 5.32 Å². The second kappa shape index (κ2) is 7.76. The maximum atomic E-state index is 11.7. The Balaban J connectivity index is 2.23. The molecular formula is C18H14ClIN4O4. The van der Waals surface area contributed by atoms with E-state index in [1.165, 1.54) is 10.7 Å². The van der Waals surface area contributed by atoms with E-state index in [0.717, 1.165) is 9.64 Å². The van der Waals surface area contributed by atoms with Gasteiger partial charge in [0.25, 0.3) is 5.69 Å². The fraction of sp³-hybridized carbons (Fsp3) is 0.111. The summed E-state index contributed by atoms with van der Waals surface area (Å²) in [5.74, 6) is -1.30. The summed E-state index contributed by atoms with van der Waals surface area (Å²) < 4.78 is 2.33. The first-order valence-corrected chi connectivity index (χ1v) is 9.44. The molecule has 28 heavy (non-hydrogen) atoms. The van der Waals surface area contributed by atoms with Crippen molar-refractivity contribution in [2.45, 2.75) is 13.8 Å². The number of aryl methyl sites for hydroxylation is 2. The highest BCUT2D eigenvalue weighted by molar-refractivity contribution is 14.1. The maximum Gasteiger partial charge on any atom is 0.338 e. The summed E-state index contributed by atoms with van der Waals surface area (Å²) >= 11 is 8.35. The molecule has 0 aliphatic carbocycles. The monoisotopic (exact) mass is 512 g/mol. The van der Waals surface area contributed by atoms with Gasteiger partial charge in [0.1, 0.15) is 5.69 Å². The van der Waals surface area contributed by atoms with Gasteiger partial charge >= 0.3 is 5.97 Å². The zero-order valence-corrected chi connectivity index (χ0v) is 17.6. The van der Waals surface area contributed by atoms with Crippen LogP contribution in [-0.2, 0) is 0 Å². The number of nitrogens with one attached hydrogen (secondary N) is 1. The summed E-state index contributed by atoms with van der Waals surface area (Å²) in [6.07, 6.45) is 0. The summed E-state index contributed by atoms with van der Waals surface area (Å²) in [5, 5.41) is 28.8. The van der Waals surface area contributed by atoms with Crippen molar-refractivity contribution in [3.63, 3.8) is 0 Å². The van der Waals surface area contributed by atoms with Crippen LogP contribution >= 0.6 is 34.2 Å². The highest BCUT2D eigenvalue weighted by atomic mass is 127. The zero-order chi connectivity index (χ0) is 20.6. The molecule has 3 rings (SSSR count). The first-order valence-electron chi connectivity index (χ1n) is 7.99. The van der Waals surface area contributed by atoms with Crippen molar-refractivity contribution < 1.29 is 14.8 Å².